The largest absolute Gasteiger partial charge is 0.381 e. The van der Waals surface area contributed by atoms with Crippen LogP contribution in [0.15, 0.2) is 18.2 Å². The first-order valence-corrected chi connectivity index (χ1v) is 11.4. The molecule has 0 saturated heterocycles. The topological polar surface area (TPSA) is 52.1 Å². The Morgan fingerprint density at radius 3 is 2.36 bits per heavy atom. The summed E-state index contributed by atoms with van der Waals surface area (Å²) in [6.45, 7) is 3.48. The molecule has 1 heterocycles. The van der Waals surface area contributed by atoms with Gasteiger partial charge in [-0.3, -0.25) is 4.79 Å². The molecule has 136 valence electrons. The molecule has 6 heteroatoms. The molecule has 2 aromatic rings. The van der Waals surface area contributed by atoms with Crippen LogP contribution in [0, 0.1) is 0 Å². The molecule has 0 aliphatic heterocycles. The summed E-state index contributed by atoms with van der Waals surface area (Å²) < 4.78 is 5.44. The Morgan fingerprint density at radius 2 is 1.72 bits per heavy atom. The molecule has 0 aliphatic carbocycles. The minimum atomic E-state index is 0.142. The van der Waals surface area contributed by atoms with Crippen LogP contribution in [0.25, 0.3) is 11.0 Å². The molecule has 0 atom stereocenters. The van der Waals surface area contributed by atoms with Crippen molar-refractivity contribution in [2.45, 2.75) is 37.7 Å². The molecule has 0 N–H and O–H groups in total. The molecule has 0 amide bonds. The van der Waals surface area contributed by atoms with Crippen LogP contribution < -0.4 is 0 Å². The van der Waals surface area contributed by atoms with Gasteiger partial charge in [0, 0.05) is 36.7 Å². The van der Waals surface area contributed by atoms with Crippen LogP contribution in [-0.2, 0) is 16.2 Å². The number of ketones is 1. The predicted octanol–water partition coefficient (Wildman–Crippen LogP) is 4.75. The van der Waals surface area contributed by atoms with Crippen molar-refractivity contribution in [3.8, 4) is 0 Å². The third kappa shape index (κ3) is 5.97. The first-order chi connectivity index (χ1) is 12.2. The van der Waals surface area contributed by atoms with Gasteiger partial charge in [-0.05, 0) is 43.6 Å². The highest BCUT2D eigenvalue weighted by Gasteiger charge is 2.11. The van der Waals surface area contributed by atoms with Crippen LogP contribution in [-0.4, -0.2) is 41.5 Å². The minimum Gasteiger partial charge on any atom is -0.381 e. The number of carbonyl (C=O) groups excluding carboxylic acids is 1. The van der Waals surface area contributed by atoms with Gasteiger partial charge in [0.2, 0.25) is 0 Å². The summed E-state index contributed by atoms with van der Waals surface area (Å²) in [5.41, 5.74) is 4.44. The summed E-state index contributed by atoms with van der Waals surface area (Å²) in [5, 5.41) is 0. The first kappa shape index (κ1) is 20.2. The van der Waals surface area contributed by atoms with Crippen molar-refractivity contribution in [2.75, 3.05) is 25.7 Å². The second-order valence-electron chi connectivity index (χ2n) is 5.83. The van der Waals surface area contributed by atoms with Gasteiger partial charge in [0.1, 0.15) is 0 Å². The molecule has 0 bridgehead atoms. The summed E-state index contributed by atoms with van der Waals surface area (Å²) in [4.78, 5) is 21.9. The van der Waals surface area contributed by atoms with Crippen molar-refractivity contribution < 1.29 is 9.53 Å². The lowest BCUT2D eigenvalue weighted by molar-refractivity contribution is 0.0938. The highest BCUT2D eigenvalue weighted by Crippen LogP contribution is 2.21. The lowest BCUT2D eigenvalue weighted by Gasteiger charge is -2.09. The van der Waals surface area contributed by atoms with E-state index in [2.05, 4.69) is 19.4 Å². The lowest BCUT2D eigenvalue weighted by atomic mass is 10.1. The maximum absolute atomic E-state index is 12.4. The summed E-state index contributed by atoms with van der Waals surface area (Å²) in [6, 6.07) is 5.66. The van der Waals surface area contributed by atoms with Gasteiger partial charge in [-0.25, -0.2) is 9.97 Å². The molecular weight excluding hydrogens is 352 g/mol. The van der Waals surface area contributed by atoms with Crippen LogP contribution in [0.5, 0.6) is 0 Å². The number of Topliss-reactive ketones (excluding diaryl/α,β-unsaturated/α-hetero) is 1. The van der Waals surface area contributed by atoms with Gasteiger partial charge in [0.05, 0.1) is 22.4 Å². The molecule has 25 heavy (non-hydrogen) atoms. The number of hydrogen-bond donors (Lipinski definition) is 0. The average Bonchev–Trinajstić information content (AvgIpc) is 2.62. The van der Waals surface area contributed by atoms with E-state index in [9.17, 15) is 4.79 Å². The van der Waals surface area contributed by atoms with Crippen molar-refractivity contribution in [1.82, 2.24) is 9.97 Å². The zero-order chi connectivity index (χ0) is 18.1. The van der Waals surface area contributed by atoms with Crippen LogP contribution in [0.3, 0.4) is 0 Å². The normalized spacial score (nSPS) is 11.2. The highest BCUT2D eigenvalue weighted by molar-refractivity contribution is 7.98. The Bertz CT molecular complexity index is 707. The third-order valence-electron chi connectivity index (χ3n) is 3.74. The van der Waals surface area contributed by atoms with E-state index in [1.165, 1.54) is 0 Å². The summed E-state index contributed by atoms with van der Waals surface area (Å²) in [7, 11) is 0. The number of thioether (sulfide) groups is 2. The molecule has 0 saturated carbocycles. The van der Waals surface area contributed by atoms with Gasteiger partial charge < -0.3 is 4.74 Å². The van der Waals surface area contributed by atoms with Gasteiger partial charge in [0.15, 0.2) is 5.78 Å². The minimum absolute atomic E-state index is 0.142. The number of aromatic nitrogens is 2. The SMILES string of the molecule is CCCOCCCC(=O)c1ccc2nc(CSC)c(CSC)nc2c1. The number of rotatable bonds is 11. The number of fused-ring (bicyclic) bond motifs is 1. The number of hydrogen-bond acceptors (Lipinski definition) is 6. The Kier molecular flexibility index (Phi) is 8.72. The third-order valence-corrected chi connectivity index (χ3v) is 4.87. The fraction of sp³-hybridized carbons (Fsp3) is 0.526. The first-order valence-electron chi connectivity index (χ1n) is 8.58. The van der Waals surface area contributed by atoms with Crippen molar-refractivity contribution in [2.24, 2.45) is 0 Å². The van der Waals surface area contributed by atoms with Gasteiger partial charge in [-0.2, -0.15) is 23.5 Å². The summed E-state index contributed by atoms with van der Waals surface area (Å²) in [5.74, 6) is 1.84. The molecule has 1 aromatic carbocycles. The number of ether oxygens (including phenoxy) is 1. The molecule has 0 radical (unpaired) electrons. The molecular formula is C19H26N2O2S2. The number of carbonyl (C=O) groups is 1. The van der Waals surface area contributed by atoms with E-state index in [-0.39, 0.29) is 5.78 Å². The van der Waals surface area contributed by atoms with Gasteiger partial charge in [-0.15, -0.1) is 0 Å². The molecule has 2 rings (SSSR count). The second-order valence-corrected chi connectivity index (χ2v) is 7.56. The summed E-state index contributed by atoms with van der Waals surface area (Å²) in [6.07, 6.45) is 6.40. The van der Waals surface area contributed by atoms with E-state index in [0.29, 0.717) is 18.6 Å². The standard InChI is InChI=1S/C19H26N2O2S2/c1-4-9-23-10-5-6-19(22)14-7-8-15-16(11-14)21-18(13-25-3)17(20-15)12-24-2/h7-8,11H,4-6,9-10,12-13H2,1-3H3. The fourth-order valence-corrected chi connectivity index (χ4v) is 3.54. The molecule has 4 nitrogen and oxygen atoms in total. The van der Waals surface area contributed by atoms with Crippen LogP contribution in [0.4, 0.5) is 0 Å². The fourth-order valence-electron chi connectivity index (χ4n) is 2.53. The van der Waals surface area contributed by atoms with Gasteiger partial charge in [0.25, 0.3) is 0 Å². The van der Waals surface area contributed by atoms with Gasteiger partial charge >= 0.3 is 0 Å². The summed E-state index contributed by atoms with van der Waals surface area (Å²) >= 11 is 3.49. The van der Waals surface area contributed by atoms with E-state index >= 15 is 0 Å². The number of benzene rings is 1. The average molecular weight is 379 g/mol. The molecule has 0 unspecified atom stereocenters. The van der Waals surface area contributed by atoms with Crippen molar-refractivity contribution in [3.63, 3.8) is 0 Å². The smallest absolute Gasteiger partial charge is 0.163 e. The Hall–Kier alpha value is -1.11. The van der Waals surface area contributed by atoms with E-state index < -0.39 is 0 Å². The Labute approximate surface area is 158 Å². The van der Waals surface area contributed by atoms with E-state index in [4.69, 9.17) is 14.7 Å². The van der Waals surface area contributed by atoms with Crippen molar-refractivity contribution >= 4 is 40.3 Å². The van der Waals surface area contributed by atoms with Gasteiger partial charge in [-0.1, -0.05) is 6.92 Å². The van der Waals surface area contributed by atoms with Crippen molar-refractivity contribution in [1.29, 1.82) is 0 Å². The van der Waals surface area contributed by atoms with Crippen LogP contribution in [0.1, 0.15) is 47.9 Å². The van der Waals surface area contributed by atoms with Crippen molar-refractivity contribution in [3.05, 3.63) is 35.2 Å². The van der Waals surface area contributed by atoms with Crippen LogP contribution >= 0.6 is 23.5 Å². The zero-order valence-corrected chi connectivity index (χ0v) is 16.8. The van der Waals surface area contributed by atoms with E-state index in [1.807, 2.05) is 18.2 Å². The lowest BCUT2D eigenvalue weighted by Crippen LogP contribution is -2.04. The maximum Gasteiger partial charge on any atom is 0.163 e. The monoisotopic (exact) mass is 378 g/mol. The Balaban J connectivity index is 2.14. The quantitative estimate of drug-likeness (QED) is 0.416. The highest BCUT2D eigenvalue weighted by atomic mass is 32.2. The second kappa shape index (κ2) is 10.8. The molecule has 0 aliphatic rings. The van der Waals surface area contributed by atoms with E-state index in [0.717, 1.165) is 53.4 Å². The van der Waals surface area contributed by atoms with Crippen LogP contribution in [0.2, 0.25) is 0 Å². The maximum atomic E-state index is 12.4. The predicted molar refractivity (Wildman–Crippen MR) is 109 cm³/mol. The number of nitrogens with zero attached hydrogens (tertiary/aromatic N) is 2. The zero-order valence-electron chi connectivity index (χ0n) is 15.2. The Morgan fingerprint density at radius 1 is 1.04 bits per heavy atom. The molecule has 1 aromatic heterocycles. The van der Waals surface area contributed by atoms with E-state index in [1.54, 1.807) is 23.5 Å². The molecule has 0 spiro atoms. The molecule has 0 fully saturated rings.